The Hall–Kier alpha value is -1.95. The summed E-state index contributed by atoms with van der Waals surface area (Å²) >= 11 is 5.91. The maximum atomic E-state index is 12.1. The Kier molecular flexibility index (Phi) is 5.43. The van der Waals surface area contributed by atoms with Crippen LogP contribution in [0.15, 0.2) is 18.2 Å². The van der Waals surface area contributed by atoms with Crippen molar-refractivity contribution >= 4 is 29.4 Å². The number of rotatable bonds is 4. The van der Waals surface area contributed by atoms with Gasteiger partial charge in [0.2, 0.25) is 0 Å². The van der Waals surface area contributed by atoms with E-state index in [4.69, 9.17) is 27.2 Å². The third-order valence-corrected chi connectivity index (χ3v) is 2.81. The van der Waals surface area contributed by atoms with Crippen molar-refractivity contribution in [1.82, 2.24) is 4.90 Å². The average molecular weight is 315 g/mol. The van der Waals surface area contributed by atoms with E-state index in [2.05, 4.69) is 0 Å². The molecule has 0 bridgehead atoms. The molecule has 0 aliphatic heterocycles. The number of hydrogen-bond acceptors (Lipinski definition) is 4. The van der Waals surface area contributed by atoms with Crippen molar-refractivity contribution in [1.29, 1.82) is 0 Å². The highest BCUT2D eigenvalue weighted by atomic mass is 35.5. The molecule has 0 atom stereocenters. The molecule has 3 N–H and O–H groups in total. The molecule has 0 aromatic heterocycles. The number of carboxylic acids is 1. The van der Waals surface area contributed by atoms with Crippen molar-refractivity contribution in [3.05, 3.63) is 28.8 Å². The molecule has 0 aliphatic carbocycles. The van der Waals surface area contributed by atoms with E-state index in [0.717, 1.165) is 4.90 Å². The Bertz CT molecular complexity index is 540. The summed E-state index contributed by atoms with van der Waals surface area (Å²) in [5.41, 5.74) is 6.00. The number of carbonyl (C=O) groups is 2. The summed E-state index contributed by atoms with van der Waals surface area (Å²) < 4.78 is 5.19. The number of anilines is 1. The van der Waals surface area contributed by atoms with Crippen LogP contribution < -0.4 is 5.73 Å². The van der Waals surface area contributed by atoms with Crippen LogP contribution in [0.1, 0.15) is 26.3 Å². The minimum atomic E-state index is -1.14. The van der Waals surface area contributed by atoms with Gasteiger partial charge in [-0.3, -0.25) is 9.69 Å². The maximum absolute atomic E-state index is 12.1. The molecule has 0 unspecified atom stereocenters. The SMILES string of the molecule is CC(C)(C)OC(=O)N(CC(=O)O)Cc1cccc(Cl)c1N. The van der Waals surface area contributed by atoms with Crippen molar-refractivity contribution in [2.75, 3.05) is 12.3 Å². The molecule has 6 nitrogen and oxygen atoms in total. The highest BCUT2D eigenvalue weighted by molar-refractivity contribution is 6.33. The number of carboxylic acid groups (broad SMARTS) is 1. The third-order valence-electron chi connectivity index (χ3n) is 2.48. The Morgan fingerprint density at radius 3 is 2.52 bits per heavy atom. The standard InChI is InChI=1S/C14H19ClN2O4/c1-14(2,3)21-13(20)17(8-11(18)19)7-9-5-4-6-10(15)12(9)16/h4-6H,7-8,16H2,1-3H3,(H,18,19). The van der Waals surface area contributed by atoms with E-state index in [0.29, 0.717) is 16.3 Å². The topological polar surface area (TPSA) is 92.9 Å². The Morgan fingerprint density at radius 2 is 2.00 bits per heavy atom. The number of amides is 1. The molecular weight excluding hydrogens is 296 g/mol. The van der Waals surface area contributed by atoms with Gasteiger partial charge in [-0.05, 0) is 32.4 Å². The zero-order valence-electron chi connectivity index (χ0n) is 12.2. The lowest BCUT2D eigenvalue weighted by molar-refractivity contribution is -0.138. The Balaban J connectivity index is 2.95. The normalized spacial score (nSPS) is 11.0. The van der Waals surface area contributed by atoms with Crippen molar-refractivity contribution in [3.63, 3.8) is 0 Å². The first kappa shape index (κ1) is 17.1. The number of ether oxygens (including phenoxy) is 1. The predicted octanol–water partition coefficient (Wildman–Crippen LogP) is 2.74. The molecule has 1 rings (SSSR count). The van der Waals surface area contributed by atoms with E-state index in [1.807, 2.05) is 0 Å². The van der Waals surface area contributed by atoms with E-state index in [-0.39, 0.29) is 6.54 Å². The van der Waals surface area contributed by atoms with Crippen LogP contribution in [0.4, 0.5) is 10.5 Å². The van der Waals surface area contributed by atoms with Crippen molar-refractivity contribution < 1.29 is 19.4 Å². The molecule has 116 valence electrons. The highest BCUT2D eigenvalue weighted by Gasteiger charge is 2.24. The van der Waals surface area contributed by atoms with E-state index in [1.54, 1.807) is 39.0 Å². The molecule has 0 fully saturated rings. The lowest BCUT2D eigenvalue weighted by Gasteiger charge is -2.26. The van der Waals surface area contributed by atoms with E-state index < -0.39 is 24.2 Å². The molecular formula is C14H19ClN2O4. The molecule has 1 amide bonds. The molecule has 0 saturated carbocycles. The average Bonchev–Trinajstić information content (AvgIpc) is 2.31. The zero-order valence-corrected chi connectivity index (χ0v) is 13.0. The second kappa shape index (κ2) is 6.67. The lowest BCUT2D eigenvalue weighted by Crippen LogP contribution is -2.39. The molecule has 0 saturated heterocycles. The number of aliphatic carboxylic acids is 1. The highest BCUT2D eigenvalue weighted by Crippen LogP contribution is 2.24. The van der Waals surface area contributed by atoms with Crippen LogP contribution in [-0.4, -0.2) is 34.2 Å². The Morgan fingerprint density at radius 1 is 1.38 bits per heavy atom. The minimum absolute atomic E-state index is 0.00755. The van der Waals surface area contributed by atoms with Crippen LogP contribution >= 0.6 is 11.6 Å². The summed E-state index contributed by atoms with van der Waals surface area (Å²) in [7, 11) is 0. The molecule has 0 radical (unpaired) electrons. The first-order valence-corrected chi connectivity index (χ1v) is 6.70. The first-order chi connectivity index (χ1) is 9.60. The van der Waals surface area contributed by atoms with Gasteiger partial charge in [0.1, 0.15) is 12.1 Å². The number of nitrogen functional groups attached to an aromatic ring is 1. The van der Waals surface area contributed by atoms with E-state index in [1.165, 1.54) is 0 Å². The number of halogens is 1. The smallest absolute Gasteiger partial charge is 0.411 e. The van der Waals surface area contributed by atoms with Gasteiger partial charge < -0.3 is 15.6 Å². The molecule has 7 heteroatoms. The maximum Gasteiger partial charge on any atom is 0.411 e. The fraction of sp³-hybridized carbons (Fsp3) is 0.429. The van der Waals surface area contributed by atoms with Crippen LogP contribution in [0.2, 0.25) is 5.02 Å². The second-order valence-electron chi connectivity index (χ2n) is 5.54. The van der Waals surface area contributed by atoms with Gasteiger partial charge >= 0.3 is 12.1 Å². The number of nitrogens with two attached hydrogens (primary N) is 1. The molecule has 21 heavy (non-hydrogen) atoms. The lowest BCUT2D eigenvalue weighted by atomic mass is 10.1. The fourth-order valence-corrected chi connectivity index (χ4v) is 1.79. The van der Waals surface area contributed by atoms with Crippen LogP contribution in [0.25, 0.3) is 0 Å². The minimum Gasteiger partial charge on any atom is -0.480 e. The van der Waals surface area contributed by atoms with Crippen molar-refractivity contribution in [3.8, 4) is 0 Å². The van der Waals surface area contributed by atoms with Crippen LogP contribution in [0, 0.1) is 0 Å². The summed E-state index contributed by atoms with van der Waals surface area (Å²) in [5.74, 6) is -1.14. The van der Waals surface area contributed by atoms with Gasteiger partial charge in [0, 0.05) is 0 Å². The molecule has 1 aromatic carbocycles. The van der Waals surface area contributed by atoms with Gasteiger partial charge in [-0.2, -0.15) is 0 Å². The molecule has 1 aromatic rings. The fourth-order valence-electron chi connectivity index (χ4n) is 1.60. The number of nitrogens with zero attached hydrogens (tertiary/aromatic N) is 1. The summed E-state index contributed by atoms with van der Waals surface area (Å²) in [6.07, 6.45) is -0.718. The molecule has 0 aliphatic rings. The number of benzene rings is 1. The zero-order chi connectivity index (χ0) is 16.2. The summed E-state index contributed by atoms with van der Waals surface area (Å²) in [6.45, 7) is 4.64. The van der Waals surface area contributed by atoms with Gasteiger partial charge in [0.15, 0.2) is 0 Å². The van der Waals surface area contributed by atoms with Gasteiger partial charge in [-0.1, -0.05) is 23.7 Å². The van der Waals surface area contributed by atoms with E-state index >= 15 is 0 Å². The summed E-state index contributed by atoms with van der Waals surface area (Å²) in [6, 6.07) is 4.98. The van der Waals surface area contributed by atoms with Crippen LogP contribution in [0.5, 0.6) is 0 Å². The van der Waals surface area contributed by atoms with Gasteiger partial charge in [-0.25, -0.2) is 4.79 Å². The van der Waals surface area contributed by atoms with Crippen molar-refractivity contribution in [2.45, 2.75) is 32.9 Å². The number of carbonyl (C=O) groups excluding carboxylic acids is 1. The Labute approximate surface area is 128 Å². The predicted molar refractivity (Wildman–Crippen MR) is 80.1 cm³/mol. The summed E-state index contributed by atoms with van der Waals surface area (Å²) in [4.78, 5) is 24.0. The number of hydrogen-bond donors (Lipinski definition) is 2. The first-order valence-electron chi connectivity index (χ1n) is 6.32. The summed E-state index contributed by atoms with van der Waals surface area (Å²) in [5, 5.41) is 9.28. The third kappa shape index (κ3) is 5.51. The van der Waals surface area contributed by atoms with E-state index in [9.17, 15) is 9.59 Å². The van der Waals surface area contributed by atoms with Crippen LogP contribution in [-0.2, 0) is 16.1 Å². The number of para-hydroxylation sites is 1. The molecule has 0 heterocycles. The van der Waals surface area contributed by atoms with Gasteiger partial charge in [0.05, 0.1) is 17.3 Å². The van der Waals surface area contributed by atoms with Gasteiger partial charge in [-0.15, -0.1) is 0 Å². The largest absolute Gasteiger partial charge is 0.480 e. The molecule has 0 spiro atoms. The monoisotopic (exact) mass is 314 g/mol. The second-order valence-corrected chi connectivity index (χ2v) is 5.95. The quantitative estimate of drug-likeness (QED) is 0.833. The van der Waals surface area contributed by atoms with Gasteiger partial charge in [0.25, 0.3) is 0 Å². The van der Waals surface area contributed by atoms with Crippen LogP contribution in [0.3, 0.4) is 0 Å². The van der Waals surface area contributed by atoms with Crippen molar-refractivity contribution in [2.24, 2.45) is 0 Å².